The van der Waals surface area contributed by atoms with E-state index in [2.05, 4.69) is 40.7 Å². The number of carbonyl (C=O) groups is 1. The van der Waals surface area contributed by atoms with Crippen molar-refractivity contribution in [3.05, 3.63) is 16.1 Å². The molecule has 2 atom stereocenters. The summed E-state index contributed by atoms with van der Waals surface area (Å²) in [6, 6.07) is 2.69. The number of piperazine rings is 1. The minimum absolute atomic E-state index is 0.216. The quantitative estimate of drug-likeness (QED) is 0.657. The molecule has 0 bridgehead atoms. The second kappa shape index (κ2) is 6.99. The van der Waals surface area contributed by atoms with E-state index in [0.717, 1.165) is 27.5 Å². The van der Waals surface area contributed by atoms with Gasteiger partial charge in [-0.2, -0.15) is 0 Å². The molecule has 3 heterocycles. The molecule has 5 nitrogen and oxygen atoms in total. The lowest BCUT2D eigenvalue weighted by Crippen LogP contribution is -2.58. The first-order chi connectivity index (χ1) is 11.7. The molecule has 0 spiro atoms. The molecule has 0 aliphatic carbocycles. The number of carbonyl (C=O) groups excluding carboxylic acids is 1. The Morgan fingerprint density at radius 1 is 1.44 bits per heavy atom. The topological polar surface area (TPSA) is 45.7 Å². The van der Waals surface area contributed by atoms with Crippen LogP contribution in [0.2, 0.25) is 0 Å². The summed E-state index contributed by atoms with van der Waals surface area (Å²) < 4.78 is 6.63. The van der Waals surface area contributed by atoms with Crippen LogP contribution in [0.25, 0.3) is 0 Å². The first kappa shape index (κ1) is 18.8. The van der Waals surface area contributed by atoms with Gasteiger partial charge in [-0.15, -0.1) is 11.8 Å². The summed E-state index contributed by atoms with van der Waals surface area (Å²) >= 11 is 5.40. The van der Waals surface area contributed by atoms with Crippen LogP contribution in [-0.2, 0) is 11.2 Å². The fraction of sp³-hybridized carbons (Fsp3) is 0.667. The highest BCUT2D eigenvalue weighted by atomic mass is 79.9. The molecular weight excluding hydrogens is 402 g/mol. The molecule has 0 N–H and O–H groups in total. The lowest BCUT2D eigenvalue weighted by Gasteiger charge is -2.43. The molecule has 1 saturated heterocycles. The zero-order chi connectivity index (χ0) is 18.4. The van der Waals surface area contributed by atoms with Gasteiger partial charge in [0.15, 0.2) is 0 Å². The van der Waals surface area contributed by atoms with Gasteiger partial charge >= 0.3 is 6.09 Å². The van der Waals surface area contributed by atoms with Crippen molar-refractivity contribution in [1.82, 2.24) is 9.88 Å². The summed E-state index contributed by atoms with van der Waals surface area (Å²) in [5.74, 6) is 2.08. The van der Waals surface area contributed by atoms with E-state index in [4.69, 9.17) is 9.72 Å². The van der Waals surface area contributed by atoms with Crippen LogP contribution in [-0.4, -0.2) is 52.5 Å². The van der Waals surface area contributed by atoms with Crippen molar-refractivity contribution in [2.24, 2.45) is 0 Å². The maximum absolute atomic E-state index is 12.5. The van der Waals surface area contributed by atoms with Crippen LogP contribution in [0.15, 0.2) is 15.6 Å². The number of thioether (sulfide) groups is 1. The molecule has 1 aromatic heterocycles. The second-order valence-corrected chi connectivity index (χ2v) is 9.80. The summed E-state index contributed by atoms with van der Waals surface area (Å²) in [6.07, 6.45) is 0.702. The Morgan fingerprint density at radius 2 is 2.16 bits per heavy atom. The van der Waals surface area contributed by atoms with Crippen LogP contribution in [0.4, 0.5) is 10.6 Å². The van der Waals surface area contributed by atoms with Crippen molar-refractivity contribution >= 4 is 39.6 Å². The molecule has 0 saturated carbocycles. The number of nitrogens with zero attached hydrogens (tertiary/aromatic N) is 3. The molecule has 1 aromatic rings. The summed E-state index contributed by atoms with van der Waals surface area (Å²) in [5, 5.41) is 1.05. The minimum Gasteiger partial charge on any atom is -0.444 e. The Kier molecular flexibility index (Phi) is 5.26. The monoisotopic (exact) mass is 427 g/mol. The van der Waals surface area contributed by atoms with Crippen molar-refractivity contribution in [3.63, 3.8) is 0 Å². The Hall–Kier alpha value is -0.950. The van der Waals surface area contributed by atoms with E-state index < -0.39 is 5.60 Å². The molecular formula is C18H26BrN3O2S. The van der Waals surface area contributed by atoms with E-state index in [-0.39, 0.29) is 18.2 Å². The molecule has 2 unspecified atom stereocenters. The molecule has 2 aliphatic heterocycles. The number of ether oxygens (including phenoxy) is 1. The van der Waals surface area contributed by atoms with Gasteiger partial charge < -0.3 is 14.5 Å². The highest BCUT2D eigenvalue weighted by molar-refractivity contribution is 9.10. The zero-order valence-electron chi connectivity index (χ0n) is 15.5. The third-order valence-corrected chi connectivity index (χ3v) is 6.16. The maximum Gasteiger partial charge on any atom is 0.410 e. The van der Waals surface area contributed by atoms with Gasteiger partial charge in [0.25, 0.3) is 0 Å². The van der Waals surface area contributed by atoms with Crippen molar-refractivity contribution < 1.29 is 9.53 Å². The van der Waals surface area contributed by atoms with E-state index >= 15 is 0 Å². The molecule has 2 aliphatic rings. The van der Waals surface area contributed by atoms with E-state index in [9.17, 15) is 4.79 Å². The Labute approximate surface area is 162 Å². The van der Waals surface area contributed by atoms with E-state index in [1.165, 1.54) is 5.56 Å². The number of pyridine rings is 1. The first-order valence-corrected chi connectivity index (χ1v) is 10.6. The molecule has 7 heteroatoms. The van der Waals surface area contributed by atoms with E-state index in [0.29, 0.717) is 13.1 Å². The number of hydrogen-bond acceptors (Lipinski definition) is 5. The number of fused-ring (bicyclic) bond motifs is 3. The lowest BCUT2D eigenvalue weighted by atomic mass is 10.1. The summed E-state index contributed by atoms with van der Waals surface area (Å²) in [7, 11) is 0. The Morgan fingerprint density at radius 3 is 2.80 bits per heavy atom. The summed E-state index contributed by atoms with van der Waals surface area (Å²) in [6.45, 7) is 11.4. The molecule has 138 valence electrons. The third-order valence-electron chi connectivity index (χ3n) is 4.42. The molecule has 1 amide bonds. The van der Waals surface area contributed by atoms with Gasteiger partial charge in [0, 0.05) is 19.1 Å². The fourth-order valence-electron chi connectivity index (χ4n) is 3.57. The van der Waals surface area contributed by atoms with Crippen LogP contribution in [0.3, 0.4) is 0 Å². The number of hydrogen-bond donors (Lipinski definition) is 0. The number of halogens is 1. The summed E-state index contributed by atoms with van der Waals surface area (Å²) in [4.78, 5) is 21.6. The van der Waals surface area contributed by atoms with Gasteiger partial charge in [-0.1, -0.05) is 6.92 Å². The number of amides is 1. The maximum atomic E-state index is 12.5. The Balaban J connectivity index is 1.80. The first-order valence-electron chi connectivity index (χ1n) is 8.78. The molecule has 0 radical (unpaired) electrons. The predicted molar refractivity (Wildman–Crippen MR) is 106 cm³/mol. The van der Waals surface area contributed by atoms with Crippen LogP contribution in [0.5, 0.6) is 0 Å². The van der Waals surface area contributed by atoms with Gasteiger partial charge in [-0.25, -0.2) is 9.78 Å². The number of rotatable bonds is 2. The standard InChI is InChI=1S/C18H26BrN3O2S/c1-6-25-16-14(19)8-12-7-13-10-21(17(23)24-18(3,4)5)9-11(2)22(13)15(12)20-16/h8,11,13H,6-7,9-10H2,1-5H3. The number of anilines is 1. The molecule has 25 heavy (non-hydrogen) atoms. The van der Waals surface area contributed by atoms with Crippen molar-refractivity contribution in [2.45, 2.75) is 63.8 Å². The van der Waals surface area contributed by atoms with Crippen LogP contribution in [0, 0.1) is 0 Å². The Bertz CT molecular complexity index is 677. The normalized spacial score (nSPS) is 22.6. The van der Waals surface area contributed by atoms with Gasteiger partial charge in [0.1, 0.15) is 16.4 Å². The number of aromatic nitrogens is 1. The van der Waals surface area contributed by atoms with Crippen molar-refractivity contribution in [2.75, 3.05) is 23.7 Å². The SMILES string of the molecule is CCSc1nc2c(cc1Br)CC1CN(C(=O)OC(C)(C)C)CC(C)N21. The molecule has 0 aromatic carbocycles. The highest BCUT2D eigenvalue weighted by Gasteiger charge is 2.41. The van der Waals surface area contributed by atoms with E-state index in [1.807, 2.05) is 25.7 Å². The zero-order valence-corrected chi connectivity index (χ0v) is 17.9. The van der Waals surface area contributed by atoms with Gasteiger partial charge in [-0.3, -0.25) is 0 Å². The third kappa shape index (κ3) is 3.92. The van der Waals surface area contributed by atoms with Crippen LogP contribution >= 0.6 is 27.7 Å². The average Bonchev–Trinajstić information content (AvgIpc) is 2.83. The van der Waals surface area contributed by atoms with Gasteiger partial charge in [-0.05, 0) is 67.4 Å². The van der Waals surface area contributed by atoms with Crippen molar-refractivity contribution in [3.8, 4) is 0 Å². The predicted octanol–water partition coefficient (Wildman–Crippen LogP) is 4.33. The van der Waals surface area contributed by atoms with Gasteiger partial charge in [0.2, 0.25) is 0 Å². The largest absolute Gasteiger partial charge is 0.444 e. The lowest BCUT2D eigenvalue weighted by molar-refractivity contribution is 0.0191. The molecule has 3 rings (SSSR count). The molecule has 1 fully saturated rings. The highest BCUT2D eigenvalue weighted by Crippen LogP contribution is 2.39. The average molecular weight is 428 g/mol. The fourth-order valence-corrected chi connectivity index (χ4v) is 4.90. The smallest absolute Gasteiger partial charge is 0.410 e. The van der Waals surface area contributed by atoms with Crippen LogP contribution in [0.1, 0.15) is 40.2 Å². The van der Waals surface area contributed by atoms with Crippen molar-refractivity contribution in [1.29, 1.82) is 0 Å². The minimum atomic E-state index is -0.464. The second-order valence-electron chi connectivity index (χ2n) is 7.69. The summed E-state index contributed by atoms with van der Waals surface area (Å²) in [5.41, 5.74) is 0.796. The van der Waals surface area contributed by atoms with Crippen LogP contribution < -0.4 is 4.90 Å². The van der Waals surface area contributed by atoms with E-state index in [1.54, 1.807) is 11.8 Å². The van der Waals surface area contributed by atoms with Gasteiger partial charge in [0.05, 0.1) is 10.5 Å².